The Bertz CT molecular complexity index is 1480. The first kappa shape index (κ1) is 26.2. The Morgan fingerprint density at radius 3 is 2.58 bits per heavy atom. The largest absolute Gasteiger partial charge is 0.476 e. The van der Waals surface area contributed by atoms with Crippen molar-refractivity contribution in [1.82, 2.24) is 14.8 Å². The minimum Gasteiger partial charge on any atom is -0.476 e. The van der Waals surface area contributed by atoms with Crippen LogP contribution in [0.15, 0.2) is 46.7 Å². The normalized spacial score (nSPS) is 11.3. The van der Waals surface area contributed by atoms with Crippen LogP contribution in [0.5, 0.6) is 0 Å². The molecule has 0 aliphatic heterocycles. The van der Waals surface area contributed by atoms with Crippen molar-refractivity contribution in [1.29, 1.82) is 0 Å². The zero-order chi connectivity index (χ0) is 26.1. The summed E-state index contributed by atoms with van der Waals surface area (Å²) in [7, 11) is 0. The predicted octanol–water partition coefficient (Wildman–Crippen LogP) is 7.31. The molecule has 0 aliphatic carbocycles. The number of hydrogen-bond donors (Lipinski definition) is 1. The summed E-state index contributed by atoms with van der Waals surface area (Å²) in [4.78, 5) is 28.2. The first-order chi connectivity index (χ1) is 17.1. The van der Waals surface area contributed by atoms with E-state index in [2.05, 4.69) is 5.10 Å². The van der Waals surface area contributed by atoms with Crippen LogP contribution < -0.4 is 0 Å². The number of carboxylic acids is 1. The molecule has 0 fully saturated rings. The quantitative estimate of drug-likeness (QED) is 0.136. The van der Waals surface area contributed by atoms with Crippen LogP contribution in [-0.2, 0) is 6.42 Å². The molecule has 0 bridgehead atoms. The number of aryl methyl sites for hydroxylation is 1. The van der Waals surface area contributed by atoms with E-state index in [9.17, 15) is 20.0 Å². The minimum absolute atomic E-state index is 0.0449. The Labute approximate surface area is 225 Å². The summed E-state index contributed by atoms with van der Waals surface area (Å²) in [5, 5.41) is 27.5. The average Bonchev–Trinajstić information content (AvgIpc) is 3.36. The van der Waals surface area contributed by atoms with Crippen LogP contribution in [0.1, 0.15) is 41.2 Å². The van der Waals surface area contributed by atoms with E-state index in [0.29, 0.717) is 37.7 Å². The Hall–Kier alpha value is -2.92. The molecule has 0 saturated carbocycles. The lowest BCUT2D eigenvalue weighted by Gasteiger charge is -2.05. The van der Waals surface area contributed by atoms with E-state index in [0.717, 1.165) is 9.77 Å². The summed E-state index contributed by atoms with van der Waals surface area (Å²) in [5.41, 5.74) is 2.48. The summed E-state index contributed by atoms with van der Waals surface area (Å²) in [6.45, 7) is 5.78. The van der Waals surface area contributed by atoms with E-state index in [1.165, 1.54) is 22.1 Å². The molecule has 8 nitrogen and oxygen atoms in total. The maximum Gasteiger partial charge on any atom is 0.355 e. The van der Waals surface area contributed by atoms with Crippen LogP contribution in [-0.4, -0.2) is 36.0 Å². The van der Waals surface area contributed by atoms with Gasteiger partial charge in [0.05, 0.1) is 30.6 Å². The molecule has 12 heteroatoms. The van der Waals surface area contributed by atoms with Crippen LogP contribution >= 0.6 is 46.3 Å². The lowest BCUT2D eigenvalue weighted by molar-refractivity contribution is -0.385. The number of carbonyl (C=O) groups is 1. The van der Waals surface area contributed by atoms with Gasteiger partial charge in [-0.2, -0.15) is 9.78 Å². The predicted molar refractivity (Wildman–Crippen MR) is 143 cm³/mol. The molecule has 0 unspecified atom stereocenters. The van der Waals surface area contributed by atoms with Crippen LogP contribution in [0.25, 0.3) is 16.4 Å². The number of thioether (sulfide) groups is 1. The van der Waals surface area contributed by atoms with E-state index < -0.39 is 10.9 Å². The Balaban J connectivity index is 1.86. The molecule has 4 rings (SSSR count). The highest BCUT2D eigenvalue weighted by molar-refractivity contribution is 8.01. The van der Waals surface area contributed by atoms with E-state index in [1.54, 1.807) is 49.0 Å². The molecule has 4 aromatic rings. The lowest BCUT2D eigenvalue weighted by Crippen LogP contribution is -2.10. The average molecular weight is 563 g/mol. The fraction of sp³-hybridized carbons (Fsp3) is 0.208. The van der Waals surface area contributed by atoms with Gasteiger partial charge in [-0.3, -0.25) is 10.1 Å². The van der Waals surface area contributed by atoms with Gasteiger partial charge in [0.1, 0.15) is 0 Å². The SMILES string of the molecule is Cc1nn(-c2nc(-c3ccc(Cl)c(Cl)c3)c(SC(C)C)s2)c(C(=O)O)c1Cc1ccccc1[N+](=O)[O-]. The van der Waals surface area contributed by atoms with Crippen molar-refractivity contribution in [3.8, 4) is 16.4 Å². The number of nitrogens with zero attached hydrogens (tertiary/aromatic N) is 4. The highest BCUT2D eigenvalue weighted by atomic mass is 35.5. The number of thiazole rings is 1. The van der Waals surface area contributed by atoms with Crippen LogP contribution in [0.3, 0.4) is 0 Å². The Morgan fingerprint density at radius 2 is 1.94 bits per heavy atom. The van der Waals surface area contributed by atoms with Gasteiger partial charge in [-0.05, 0) is 19.1 Å². The molecule has 186 valence electrons. The molecule has 2 aromatic carbocycles. The van der Waals surface area contributed by atoms with E-state index in [-0.39, 0.29) is 23.1 Å². The molecular weight excluding hydrogens is 543 g/mol. The Morgan fingerprint density at radius 1 is 1.22 bits per heavy atom. The van der Waals surface area contributed by atoms with Crippen molar-refractivity contribution in [2.24, 2.45) is 0 Å². The van der Waals surface area contributed by atoms with E-state index in [1.807, 2.05) is 19.9 Å². The minimum atomic E-state index is -1.20. The zero-order valence-corrected chi connectivity index (χ0v) is 22.5. The van der Waals surface area contributed by atoms with E-state index >= 15 is 0 Å². The highest BCUT2D eigenvalue weighted by Crippen LogP contribution is 2.41. The van der Waals surface area contributed by atoms with Gasteiger partial charge in [0.2, 0.25) is 5.13 Å². The number of halogens is 2. The summed E-state index contributed by atoms with van der Waals surface area (Å²) in [6.07, 6.45) is 0.0449. The summed E-state index contributed by atoms with van der Waals surface area (Å²) in [6, 6.07) is 11.5. The smallest absolute Gasteiger partial charge is 0.355 e. The van der Waals surface area contributed by atoms with Crippen molar-refractivity contribution in [2.75, 3.05) is 0 Å². The van der Waals surface area contributed by atoms with Crippen molar-refractivity contribution < 1.29 is 14.8 Å². The van der Waals surface area contributed by atoms with Crippen molar-refractivity contribution in [3.63, 3.8) is 0 Å². The molecule has 1 N–H and O–H groups in total. The number of nitro benzene ring substituents is 1. The second-order valence-electron chi connectivity index (χ2n) is 8.12. The molecule has 0 spiro atoms. The number of carboxylic acid groups (broad SMARTS) is 1. The maximum absolute atomic E-state index is 12.4. The lowest BCUT2D eigenvalue weighted by atomic mass is 10.0. The van der Waals surface area contributed by atoms with Gasteiger partial charge in [0, 0.05) is 34.4 Å². The first-order valence-electron chi connectivity index (χ1n) is 10.7. The fourth-order valence-electron chi connectivity index (χ4n) is 3.66. The van der Waals surface area contributed by atoms with Crippen LogP contribution in [0.2, 0.25) is 10.0 Å². The molecule has 2 heterocycles. The van der Waals surface area contributed by atoms with Crippen molar-refractivity contribution >= 4 is 58.0 Å². The third-order valence-corrected chi connectivity index (χ3v) is 8.23. The van der Waals surface area contributed by atoms with Gasteiger partial charge in [0.15, 0.2) is 5.69 Å². The topological polar surface area (TPSA) is 111 Å². The van der Waals surface area contributed by atoms with Gasteiger partial charge in [-0.15, -0.1) is 11.8 Å². The molecule has 0 saturated heterocycles. The molecule has 0 amide bonds. The Kier molecular flexibility index (Phi) is 7.70. The molecule has 0 aliphatic rings. The third kappa shape index (κ3) is 5.27. The van der Waals surface area contributed by atoms with Crippen LogP contribution in [0.4, 0.5) is 5.69 Å². The van der Waals surface area contributed by atoms with Gasteiger partial charge in [-0.1, -0.05) is 72.7 Å². The van der Waals surface area contributed by atoms with Gasteiger partial charge < -0.3 is 5.11 Å². The number of nitro groups is 1. The number of benzene rings is 2. The molecule has 0 radical (unpaired) electrons. The van der Waals surface area contributed by atoms with Crippen molar-refractivity contribution in [2.45, 2.75) is 36.7 Å². The second kappa shape index (κ2) is 10.6. The fourth-order valence-corrected chi connectivity index (χ4v) is 6.44. The summed E-state index contributed by atoms with van der Waals surface area (Å²) < 4.78 is 2.18. The molecule has 0 atom stereocenters. The van der Waals surface area contributed by atoms with Crippen molar-refractivity contribution in [3.05, 3.63) is 85.1 Å². The van der Waals surface area contributed by atoms with Gasteiger partial charge in [0.25, 0.3) is 5.69 Å². The van der Waals surface area contributed by atoms with E-state index in [4.69, 9.17) is 28.2 Å². The standard InChI is InChI=1S/C24H20Cl2N4O4S2/c1-12(2)35-23-20(15-8-9-17(25)18(26)11-15)27-24(36-23)29-21(22(31)32)16(13(3)28-29)10-14-6-4-5-7-19(14)30(33)34/h4-9,11-12H,10H2,1-3H3,(H,31,32). The number of aromatic carboxylic acids is 1. The monoisotopic (exact) mass is 562 g/mol. The molecule has 36 heavy (non-hydrogen) atoms. The zero-order valence-electron chi connectivity index (χ0n) is 19.4. The third-order valence-electron chi connectivity index (χ3n) is 5.24. The first-order valence-corrected chi connectivity index (χ1v) is 13.2. The highest BCUT2D eigenvalue weighted by Gasteiger charge is 2.27. The molecular formula is C24H20Cl2N4O4S2. The van der Waals surface area contributed by atoms with Gasteiger partial charge in [-0.25, -0.2) is 9.78 Å². The van der Waals surface area contributed by atoms with Crippen LogP contribution in [0, 0.1) is 17.0 Å². The number of rotatable bonds is 8. The van der Waals surface area contributed by atoms with Gasteiger partial charge >= 0.3 is 5.97 Å². The number of aromatic nitrogens is 3. The molecule has 2 aromatic heterocycles. The summed E-state index contributed by atoms with van der Waals surface area (Å²) >= 11 is 15.2. The second-order valence-corrected chi connectivity index (χ2v) is 11.8. The number of para-hydroxylation sites is 1. The number of hydrogen-bond acceptors (Lipinski definition) is 7. The maximum atomic E-state index is 12.4. The summed E-state index contributed by atoms with van der Waals surface area (Å²) in [5.74, 6) is -1.20.